The average molecular weight is 376 g/mol. The van der Waals surface area contributed by atoms with Crippen molar-refractivity contribution in [2.45, 2.75) is 70.5 Å². The predicted octanol–water partition coefficient (Wildman–Crippen LogP) is 2.44. The van der Waals surface area contributed by atoms with Crippen LogP contribution in [0.2, 0.25) is 0 Å². The van der Waals surface area contributed by atoms with Gasteiger partial charge in [-0.2, -0.15) is 0 Å². The minimum Gasteiger partial charge on any atom is -0.393 e. The van der Waals surface area contributed by atoms with E-state index in [0.717, 1.165) is 25.7 Å². The van der Waals surface area contributed by atoms with E-state index in [2.05, 4.69) is 13.8 Å². The number of Topliss-reactive ketones (excluding diaryl/α,β-unsaturated/α-hetero) is 1. The van der Waals surface area contributed by atoms with Gasteiger partial charge in [-0.1, -0.05) is 19.4 Å². The summed E-state index contributed by atoms with van der Waals surface area (Å²) in [4.78, 5) is 24.7. The first-order chi connectivity index (χ1) is 12.7. The van der Waals surface area contributed by atoms with Crippen molar-refractivity contribution in [3.63, 3.8) is 0 Å². The first-order valence-corrected chi connectivity index (χ1v) is 10.3. The van der Waals surface area contributed by atoms with Gasteiger partial charge in [0, 0.05) is 18.9 Å². The first kappa shape index (κ1) is 19.3. The highest BCUT2D eigenvalue weighted by atomic mass is 16.5. The summed E-state index contributed by atoms with van der Waals surface area (Å²) < 4.78 is 5.82. The zero-order valence-corrected chi connectivity index (χ0v) is 16.7. The third kappa shape index (κ3) is 2.34. The lowest BCUT2D eigenvalue weighted by molar-refractivity contribution is -0.189. The molecule has 0 amide bonds. The molecule has 4 aliphatic rings. The summed E-state index contributed by atoms with van der Waals surface area (Å²) in [6.07, 6.45) is 6.53. The summed E-state index contributed by atoms with van der Waals surface area (Å²) in [6, 6.07) is 0. The number of methoxy groups -OCH3 is 1. The normalized spacial score (nSPS) is 49.1. The fraction of sp³-hybridized carbons (Fsp3) is 0.818. The first-order valence-electron chi connectivity index (χ1n) is 10.3. The topological polar surface area (TPSA) is 83.8 Å². The monoisotopic (exact) mass is 376 g/mol. The number of carbonyl (C=O) groups excluding carboxylic acids is 2. The molecule has 0 aromatic rings. The van der Waals surface area contributed by atoms with Gasteiger partial charge in [0.1, 0.15) is 12.2 Å². The van der Waals surface area contributed by atoms with Gasteiger partial charge in [-0.3, -0.25) is 9.59 Å². The van der Waals surface area contributed by atoms with E-state index in [0.29, 0.717) is 25.2 Å². The Labute approximate surface area is 161 Å². The van der Waals surface area contributed by atoms with E-state index >= 15 is 0 Å². The molecule has 4 aliphatic carbocycles. The van der Waals surface area contributed by atoms with Gasteiger partial charge < -0.3 is 14.9 Å². The van der Waals surface area contributed by atoms with E-state index in [9.17, 15) is 19.8 Å². The Bertz CT molecular complexity index is 699. The van der Waals surface area contributed by atoms with Crippen molar-refractivity contribution in [2.24, 2.45) is 28.6 Å². The Morgan fingerprint density at radius 3 is 2.67 bits per heavy atom. The van der Waals surface area contributed by atoms with Crippen molar-refractivity contribution in [3.05, 3.63) is 11.6 Å². The highest BCUT2D eigenvalue weighted by Crippen LogP contribution is 2.68. The van der Waals surface area contributed by atoms with Crippen molar-refractivity contribution in [3.8, 4) is 0 Å². The van der Waals surface area contributed by atoms with Crippen LogP contribution in [0.3, 0.4) is 0 Å². The smallest absolute Gasteiger partial charge is 0.190 e. The van der Waals surface area contributed by atoms with Gasteiger partial charge in [0.15, 0.2) is 11.6 Å². The lowest BCUT2D eigenvalue weighted by Gasteiger charge is -2.60. The molecule has 0 spiro atoms. The molecule has 0 bridgehead atoms. The molecular weight excluding hydrogens is 344 g/mol. The molecule has 0 aliphatic heterocycles. The summed E-state index contributed by atoms with van der Waals surface area (Å²) in [5.41, 5.74) is -0.385. The molecule has 2 N–H and O–H groups in total. The highest BCUT2D eigenvalue weighted by molar-refractivity contribution is 5.92. The summed E-state index contributed by atoms with van der Waals surface area (Å²) in [5, 5.41) is 20.9. The molecule has 150 valence electrons. The van der Waals surface area contributed by atoms with Crippen LogP contribution in [-0.4, -0.2) is 47.2 Å². The van der Waals surface area contributed by atoms with E-state index < -0.39 is 23.7 Å². The van der Waals surface area contributed by atoms with Crippen molar-refractivity contribution in [2.75, 3.05) is 13.7 Å². The van der Waals surface area contributed by atoms with Crippen LogP contribution in [0.25, 0.3) is 0 Å². The molecule has 4 rings (SSSR count). The molecule has 7 atom stereocenters. The number of allylic oxidation sites excluding steroid dienone is 1. The summed E-state index contributed by atoms with van der Waals surface area (Å²) in [5.74, 6) is 0.686. The van der Waals surface area contributed by atoms with E-state index in [4.69, 9.17) is 4.74 Å². The molecule has 1 unspecified atom stereocenters. The Morgan fingerprint density at radius 1 is 1.26 bits per heavy atom. The summed E-state index contributed by atoms with van der Waals surface area (Å²) in [6.45, 7) is 3.79. The molecule has 3 saturated carbocycles. The van der Waals surface area contributed by atoms with Gasteiger partial charge in [0.2, 0.25) is 0 Å². The van der Waals surface area contributed by atoms with Crippen LogP contribution in [0.1, 0.15) is 58.8 Å². The number of carbonyl (C=O) groups is 2. The van der Waals surface area contributed by atoms with E-state index in [-0.39, 0.29) is 28.8 Å². The molecular formula is C22H32O5. The SMILES string of the molecule is CO[C@@]1(C(=O)CO)CC[C@H]2[C@@H]3CCC4=CC(=O)CC[C@]4(C)[C@H]3C(O)C[C@@]21C. The Kier molecular flexibility index (Phi) is 4.45. The summed E-state index contributed by atoms with van der Waals surface area (Å²) in [7, 11) is 1.56. The van der Waals surface area contributed by atoms with E-state index in [1.54, 1.807) is 7.11 Å². The molecule has 0 heterocycles. The number of rotatable bonds is 3. The van der Waals surface area contributed by atoms with Crippen molar-refractivity contribution in [1.82, 2.24) is 0 Å². The number of hydrogen-bond donors (Lipinski definition) is 2. The van der Waals surface area contributed by atoms with Crippen molar-refractivity contribution < 1.29 is 24.5 Å². The number of hydrogen-bond acceptors (Lipinski definition) is 5. The third-order valence-corrected chi connectivity index (χ3v) is 8.96. The molecule has 3 fully saturated rings. The second kappa shape index (κ2) is 6.23. The maximum absolute atomic E-state index is 12.7. The standard InChI is InChI=1S/C22H32O5/c1-20-8-6-14(24)10-13(20)4-5-15-16-7-9-22(27-3,18(26)12-23)21(16,2)11-17(25)19(15)20/h10,15-17,19,23,25H,4-9,11-12H2,1-3H3/t15-,16-,17?,19+,20-,21-,22+/m0/s1. The minimum absolute atomic E-state index is 0.126. The van der Waals surface area contributed by atoms with Crippen LogP contribution in [0, 0.1) is 28.6 Å². The minimum atomic E-state index is -1.00. The number of aliphatic hydroxyl groups excluding tert-OH is 2. The highest BCUT2D eigenvalue weighted by Gasteiger charge is 2.68. The second-order valence-electron chi connectivity index (χ2n) is 9.73. The van der Waals surface area contributed by atoms with Crippen LogP contribution in [0.5, 0.6) is 0 Å². The number of ether oxygens (including phenoxy) is 1. The van der Waals surface area contributed by atoms with Crippen molar-refractivity contribution in [1.29, 1.82) is 0 Å². The van der Waals surface area contributed by atoms with Gasteiger partial charge in [-0.25, -0.2) is 0 Å². The molecule has 27 heavy (non-hydrogen) atoms. The Hall–Kier alpha value is -1.04. The maximum atomic E-state index is 12.7. The van der Waals surface area contributed by atoms with Gasteiger partial charge in [-0.05, 0) is 67.8 Å². The fourth-order valence-corrected chi connectivity index (χ4v) is 7.71. The maximum Gasteiger partial charge on any atom is 0.190 e. The zero-order valence-electron chi connectivity index (χ0n) is 16.7. The van der Waals surface area contributed by atoms with Gasteiger partial charge >= 0.3 is 0 Å². The van der Waals surface area contributed by atoms with Crippen LogP contribution >= 0.6 is 0 Å². The van der Waals surface area contributed by atoms with Gasteiger partial charge in [0.25, 0.3) is 0 Å². The lowest BCUT2D eigenvalue weighted by Crippen LogP contribution is -2.62. The lowest BCUT2D eigenvalue weighted by atomic mass is 9.45. The zero-order chi connectivity index (χ0) is 19.6. The molecule has 5 nitrogen and oxygen atoms in total. The predicted molar refractivity (Wildman–Crippen MR) is 99.9 cm³/mol. The van der Waals surface area contributed by atoms with Crippen LogP contribution in [-0.2, 0) is 14.3 Å². The molecule has 0 aromatic carbocycles. The molecule has 0 saturated heterocycles. The van der Waals surface area contributed by atoms with Gasteiger partial charge in [-0.15, -0.1) is 0 Å². The number of aliphatic hydroxyl groups is 2. The number of fused-ring (bicyclic) bond motifs is 5. The van der Waals surface area contributed by atoms with Crippen molar-refractivity contribution >= 4 is 11.6 Å². The Balaban J connectivity index is 1.75. The molecule has 0 radical (unpaired) electrons. The van der Waals surface area contributed by atoms with E-state index in [1.165, 1.54) is 5.57 Å². The van der Waals surface area contributed by atoms with Gasteiger partial charge in [0.05, 0.1) is 6.10 Å². The average Bonchev–Trinajstić information content (AvgIpc) is 2.94. The number of ketones is 2. The molecule has 5 heteroatoms. The summed E-state index contributed by atoms with van der Waals surface area (Å²) >= 11 is 0. The third-order valence-electron chi connectivity index (χ3n) is 8.96. The quantitative estimate of drug-likeness (QED) is 0.790. The van der Waals surface area contributed by atoms with E-state index in [1.807, 2.05) is 6.08 Å². The van der Waals surface area contributed by atoms with Crippen LogP contribution < -0.4 is 0 Å². The molecule has 0 aromatic heterocycles. The Morgan fingerprint density at radius 2 is 2.00 bits per heavy atom. The second-order valence-corrected chi connectivity index (χ2v) is 9.73. The fourth-order valence-electron chi connectivity index (χ4n) is 7.71. The van der Waals surface area contributed by atoms with Crippen LogP contribution in [0.4, 0.5) is 0 Å². The van der Waals surface area contributed by atoms with Crippen LogP contribution in [0.15, 0.2) is 11.6 Å². The largest absolute Gasteiger partial charge is 0.393 e.